The van der Waals surface area contributed by atoms with Crippen LogP contribution in [0.25, 0.3) is 0 Å². The van der Waals surface area contributed by atoms with Gasteiger partial charge in [-0.2, -0.15) is 18.2 Å². The normalized spacial score (nSPS) is 13.7. The Balaban J connectivity index is 3.44. The van der Waals surface area contributed by atoms with Crippen LogP contribution in [0.15, 0.2) is 28.3 Å². The van der Waals surface area contributed by atoms with Crippen LogP contribution in [0.2, 0.25) is 0 Å². The maximum atomic E-state index is 13.0. The van der Waals surface area contributed by atoms with E-state index in [0.717, 1.165) is 6.07 Å². The van der Waals surface area contributed by atoms with Crippen molar-refractivity contribution in [2.24, 2.45) is 15.9 Å². The standard InChI is InChI=1S/C13H15ClF3N3O/c1-7(2)9-6-8(4-5-10(9)13(15,16)17)11(20-21-3)19-12(14)18/h4-7H,1-3H3,(H2,18,19,20). The summed E-state index contributed by atoms with van der Waals surface area (Å²) in [6, 6.07) is 3.58. The van der Waals surface area contributed by atoms with Crippen LogP contribution in [0.5, 0.6) is 0 Å². The number of amidine groups is 2. The van der Waals surface area contributed by atoms with Crippen molar-refractivity contribution >= 4 is 22.7 Å². The van der Waals surface area contributed by atoms with Gasteiger partial charge in [0.2, 0.25) is 5.84 Å². The fourth-order valence-electron chi connectivity index (χ4n) is 1.76. The van der Waals surface area contributed by atoms with Crippen molar-refractivity contribution in [2.45, 2.75) is 25.9 Å². The molecule has 0 bridgehead atoms. The van der Waals surface area contributed by atoms with Crippen LogP contribution in [-0.4, -0.2) is 18.2 Å². The van der Waals surface area contributed by atoms with Crippen LogP contribution in [0.1, 0.15) is 36.5 Å². The number of oxime groups is 1. The molecule has 116 valence electrons. The summed E-state index contributed by atoms with van der Waals surface area (Å²) >= 11 is 5.48. The minimum absolute atomic E-state index is 0.000578. The Morgan fingerprint density at radius 3 is 2.38 bits per heavy atom. The number of hydrogen-bond donors (Lipinski definition) is 1. The van der Waals surface area contributed by atoms with Gasteiger partial charge in [-0.1, -0.05) is 25.1 Å². The molecule has 0 fully saturated rings. The second-order valence-electron chi connectivity index (χ2n) is 4.49. The lowest BCUT2D eigenvalue weighted by Gasteiger charge is -2.16. The van der Waals surface area contributed by atoms with E-state index in [1.54, 1.807) is 13.8 Å². The van der Waals surface area contributed by atoms with Gasteiger partial charge < -0.3 is 10.6 Å². The molecule has 4 nitrogen and oxygen atoms in total. The van der Waals surface area contributed by atoms with E-state index in [1.165, 1.54) is 19.2 Å². The highest BCUT2D eigenvalue weighted by Gasteiger charge is 2.34. The van der Waals surface area contributed by atoms with Crippen molar-refractivity contribution < 1.29 is 18.0 Å². The number of halogens is 4. The fraction of sp³-hybridized carbons (Fsp3) is 0.385. The van der Waals surface area contributed by atoms with E-state index >= 15 is 0 Å². The molecular formula is C13H15ClF3N3O. The van der Waals surface area contributed by atoms with E-state index in [-0.39, 0.29) is 22.6 Å². The maximum Gasteiger partial charge on any atom is 0.416 e. The highest BCUT2D eigenvalue weighted by molar-refractivity contribution is 6.65. The highest BCUT2D eigenvalue weighted by Crippen LogP contribution is 2.35. The first-order valence-electron chi connectivity index (χ1n) is 5.99. The predicted molar refractivity (Wildman–Crippen MR) is 76.6 cm³/mol. The smallest absolute Gasteiger partial charge is 0.397 e. The predicted octanol–water partition coefficient (Wildman–Crippen LogP) is 3.69. The SMILES string of the molecule is CON=C(N=C(N)Cl)c1ccc(C(F)(F)F)c(C(C)C)c1. The summed E-state index contributed by atoms with van der Waals surface area (Å²) in [6.07, 6.45) is -4.43. The van der Waals surface area contributed by atoms with Crippen molar-refractivity contribution in [3.05, 3.63) is 34.9 Å². The molecule has 0 aliphatic rings. The van der Waals surface area contributed by atoms with E-state index in [2.05, 4.69) is 15.0 Å². The summed E-state index contributed by atoms with van der Waals surface area (Å²) in [5.41, 5.74) is 5.03. The van der Waals surface area contributed by atoms with Gasteiger partial charge in [-0.05, 0) is 35.2 Å². The zero-order valence-electron chi connectivity index (χ0n) is 11.7. The zero-order valence-corrected chi connectivity index (χ0v) is 12.5. The number of nitrogens with two attached hydrogens (primary N) is 1. The van der Waals surface area contributed by atoms with E-state index in [4.69, 9.17) is 17.3 Å². The summed E-state index contributed by atoms with van der Waals surface area (Å²) in [7, 11) is 1.29. The molecule has 21 heavy (non-hydrogen) atoms. The van der Waals surface area contributed by atoms with Gasteiger partial charge in [-0.3, -0.25) is 0 Å². The van der Waals surface area contributed by atoms with Crippen molar-refractivity contribution in [3.63, 3.8) is 0 Å². The van der Waals surface area contributed by atoms with Gasteiger partial charge in [-0.15, -0.1) is 0 Å². The van der Waals surface area contributed by atoms with Gasteiger partial charge in [0.15, 0.2) is 5.29 Å². The van der Waals surface area contributed by atoms with Gasteiger partial charge in [-0.25, -0.2) is 0 Å². The van der Waals surface area contributed by atoms with Crippen molar-refractivity contribution in [1.29, 1.82) is 0 Å². The molecule has 0 aliphatic heterocycles. The van der Waals surface area contributed by atoms with Crippen LogP contribution in [0, 0.1) is 0 Å². The van der Waals surface area contributed by atoms with Crippen molar-refractivity contribution in [1.82, 2.24) is 0 Å². The number of benzene rings is 1. The molecule has 1 rings (SSSR count). The first-order chi connectivity index (χ1) is 9.66. The second kappa shape index (κ2) is 6.80. The Kier molecular flexibility index (Phi) is 5.60. The molecule has 0 spiro atoms. The molecular weight excluding hydrogens is 307 g/mol. The zero-order chi connectivity index (χ0) is 16.2. The Morgan fingerprint density at radius 2 is 1.95 bits per heavy atom. The van der Waals surface area contributed by atoms with Crippen LogP contribution in [0.3, 0.4) is 0 Å². The molecule has 0 unspecified atom stereocenters. The van der Waals surface area contributed by atoms with Crippen LogP contribution < -0.4 is 5.73 Å². The molecule has 0 amide bonds. The summed E-state index contributed by atoms with van der Waals surface area (Å²) in [4.78, 5) is 8.33. The van der Waals surface area contributed by atoms with E-state index in [1.807, 2.05) is 0 Å². The van der Waals surface area contributed by atoms with Gasteiger partial charge >= 0.3 is 6.18 Å². The number of alkyl halides is 3. The van der Waals surface area contributed by atoms with Crippen LogP contribution in [-0.2, 0) is 11.0 Å². The van der Waals surface area contributed by atoms with Crippen LogP contribution in [0.4, 0.5) is 13.2 Å². The first-order valence-corrected chi connectivity index (χ1v) is 6.37. The van der Waals surface area contributed by atoms with Gasteiger partial charge in [0.05, 0.1) is 5.56 Å². The third kappa shape index (κ3) is 4.63. The maximum absolute atomic E-state index is 13.0. The molecule has 1 aromatic rings. The molecule has 0 radical (unpaired) electrons. The lowest BCUT2D eigenvalue weighted by molar-refractivity contribution is -0.138. The molecule has 0 heterocycles. The lowest BCUT2D eigenvalue weighted by Crippen LogP contribution is -2.13. The number of nitrogens with zero attached hydrogens (tertiary/aromatic N) is 2. The van der Waals surface area contributed by atoms with Gasteiger partial charge in [0.25, 0.3) is 0 Å². The van der Waals surface area contributed by atoms with Crippen LogP contribution >= 0.6 is 11.6 Å². The Labute approximate surface area is 125 Å². The molecule has 0 aromatic heterocycles. The number of aliphatic imine (C=N–C) groups is 1. The van der Waals surface area contributed by atoms with Crippen molar-refractivity contribution in [3.8, 4) is 0 Å². The van der Waals surface area contributed by atoms with E-state index < -0.39 is 11.7 Å². The van der Waals surface area contributed by atoms with Gasteiger partial charge in [0.1, 0.15) is 7.11 Å². The summed E-state index contributed by atoms with van der Waals surface area (Å²) in [6.45, 7) is 3.33. The Hall–Kier alpha value is -1.76. The summed E-state index contributed by atoms with van der Waals surface area (Å²) < 4.78 is 38.9. The third-order valence-corrected chi connectivity index (χ3v) is 2.71. The lowest BCUT2D eigenvalue weighted by atomic mass is 9.94. The Bertz CT molecular complexity index is 564. The average molecular weight is 322 g/mol. The summed E-state index contributed by atoms with van der Waals surface area (Å²) in [5.74, 6) is -0.330. The Morgan fingerprint density at radius 1 is 1.33 bits per heavy atom. The topological polar surface area (TPSA) is 60.0 Å². The molecule has 0 aliphatic carbocycles. The van der Waals surface area contributed by atoms with Gasteiger partial charge in [0, 0.05) is 5.56 Å². The third-order valence-electron chi connectivity index (χ3n) is 2.63. The molecule has 0 atom stereocenters. The molecule has 0 saturated heterocycles. The molecule has 1 aromatic carbocycles. The quantitative estimate of drug-likeness (QED) is 0.399. The summed E-state index contributed by atoms with van der Waals surface area (Å²) in [5, 5.41) is 3.32. The molecule has 0 saturated carbocycles. The number of rotatable bonds is 3. The minimum atomic E-state index is -4.43. The number of hydrogen-bond acceptors (Lipinski definition) is 2. The van der Waals surface area contributed by atoms with Crippen molar-refractivity contribution in [2.75, 3.05) is 7.11 Å². The monoisotopic (exact) mass is 321 g/mol. The highest BCUT2D eigenvalue weighted by atomic mass is 35.5. The van der Waals surface area contributed by atoms with E-state index in [9.17, 15) is 13.2 Å². The van der Waals surface area contributed by atoms with E-state index in [0.29, 0.717) is 5.56 Å². The fourth-order valence-corrected chi connectivity index (χ4v) is 1.84. The largest absolute Gasteiger partial charge is 0.416 e. The minimum Gasteiger partial charge on any atom is -0.397 e. The average Bonchev–Trinajstić information content (AvgIpc) is 2.36. The molecule has 8 heteroatoms. The first kappa shape index (κ1) is 17.3. The second-order valence-corrected chi connectivity index (χ2v) is 4.87. The molecule has 2 N–H and O–H groups in total.